The van der Waals surface area contributed by atoms with Crippen LogP contribution >= 0.6 is 0 Å². The van der Waals surface area contributed by atoms with Crippen molar-refractivity contribution in [3.63, 3.8) is 0 Å². The van der Waals surface area contributed by atoms with Crippen LogP contribution in [-0.4, -0.2) is 4.57 Å². The number of fused-ring (bicyclic) bond motifs is 3. The van der Waals surface area contributed by atoms with E-state index in [1.807, 2.05) is 0 Å². The number of hydrogen-bond acceptors (Lipinski definition) is 0. The predicted octanol–water partition coefficient (Wildman–Crippen LogP) is 4.57. The second-order valence-corrected chi connectivity index (χ2v) is 5.40. The van der Waals surface area contributed by atoms with Gasteiger partial charge in [0.05, 0.1) is 11.0 Å². The van der Waals surface area contributed by atoms with Gasteiger partial charge >= 0.3 is 0 Å². The summed E-state index contributed by atoms with van der Waals surface area (Å²) in [4.78, 5) is 0. The Bertz CT molecular complexity index is 710. The summed E-state index contributed by atoms with van der Waals surface area (Å²) < 4.78 is 2.36. The summed E-state index contributed by atoms with van der Waals surface area (Å²) in [5, 5.41) is 2.85. The Morgan fingerprint density at radius 3 is 1.33 bits per heavy atom. The molecular formula is C17H19N. The van der Waals surface area contributed by atoms with Crippen LogP contribution in [0.1, 0.15) is 22.3 Å². The van der Waals surface area contributed by atoms with Crippen molar-refractivity contribution in [1.29, 1.82) is 0 Å². The van der Waals surface area contributed by atoms with Gasteiger partial charge in [0.15, 0.2) is 0 Å². The summed E-state index contributed by atoms with van der Waals surface area (Å²) in [5.41, 5.74) is 8.20. The zero-order valence-electron chi connectivity index (χ0n) is 11.8. The zero-order valence-corrected chi connectivity index (χ0v) is 11.8. The van der Waals surface area contributed by atoms with Crippen molar-refractivity contribution in [2.45, 2.75) is 27.7 Å². The third kappa shape index (κ3) is 1.28. The smallest absolute Gasteiger partial charge is 0.0521 e. The molecule has 92 valence electrons. The van der Waals surface area contributed by atoms with E-state index in [0.29, 0.717) is 0 Å². The number of benzene rings is 2. The van der Waals surface area contributed by atoms with E-state index < -0.39 is 0 Å². The Kier molecular flexibility index (Phi) is 2.28. The van der Waals surface area contributed by atoms with Gasteiger partial charge in [-0.05, 0) is 49.9 Å². The molecule has 0 saturated heterocycles. The van der Waals surface area contributed by atoms with Crippen LogP contribution in [0, 0.1) is 27.7 Å². The minimum absolute atomic E-state index is 1.35. The molecule has 0 fully saturated rings. The van der Waals surface area contributed by atoms with E-state index in [-0.39, 0.29) is 0 Å². The first-order valence-electron chi connectivity index (χ1n) is 6.47. The zero-order chi connectivity index (χ0) is 13.0. The lowest BCUT2D eigenvalue weighted by molar-refractivity contribution is 1.00. The van der Waals surface area contributed by atoms with E-state index in [0.717, 1.165) is 0 Å². The molecule has 1 heterocycles. The minimum Gasteiger partial charge on any atom is -0.343 e. The molecule has 18 heavy (non-hydrogen) atoms. The third-order valence-corrected chi connectivity index (χ3v) is 4.10. The van der Waals surface area contributed by atoms with Crippen molar-refractivity contribution in [2.75, 3.05) is 0 Å². The summed E-state index contributed by atoms with van der Waals surface area (Å²) in [5.74, 6) is 0. The lowest BCUT2D eigenvalue weighted by Gasteiger charge is -2.04. The second-order valence-electron chi connectivity index (χ2n) is 5.40. The molecule has 0 aliphatic rings. The molecule has 0 unspecified atom stereocenters. The van der Waals surface area contributed by atoms with Crippen molar-refractivity contribution in [3.8, 4) is 0 Å². The van der Waals surface area contributed by atoms with Crippen LogP contribution < -0.4 is 0 Å². The maximum atomic E-state index is 2.36. The van der Waals surface area contributed by atoms with Crippen LogP contribution in [0.15, 0.2) is 24.3 Å². The normalized spacial score (nSPS) is 11.6. The van der Waals surface area contributed by atoms with Crippen LogP contribution in [-0.2, 0) is 7.05 Å². The number of hydrogen-bond donors (Lipinski definition) is 0. The van der Waals surface area contributed by atoms with Gasteiger partial charge in [0.1, 0.15) is 0 Å². The Morgan fingerprint density at radius 2 is 0.944 bits per heavy atom. The first-order valence-corrected chi connectivity index (χ1v) is 6.47. The SMILES string of the molecule is Cc1ccc(C)c2c1c1c(C)ccc(C)c1n2C. The second kappa shape index (κ2) is 3.61. The molecule has 0 amide bonds. The Morgan fingerprint density at radius 1 is 0.611 bits per heavy atom. The molecule has 0 aliphatic carbocycles. The van der Waals surface area contributed by atoms with E-state index in [1.165, 1.54) is 44.1 Å². The highest BCUT2D eigenvalue weighted by atomic mass is 14.9. The Balaban J connectivity index is 2.77. The first-order chi connectivity index (χ1) is 8.52. The van der Waals surface area contributed by atoms with Gasteiger partial charge in [0.25, 0.3) is 0 Å². The first kappa shape index (κ1) is 11.3. The highest BCUT2D eigenvalue weighted by Gasteiger charge is 2.15. The van der Waals surface area contributed by atoms with Gasteiger partial charge in [-0.1, -0.05) is 24.3 Å². The molecular weight excluding hydrogens is 218 g/mol. The molecule has 0 spiro atoms. The van der Waals surface area contributed by atoms with Crippen molar-refractivity contribution < 1.29 is 0 Å². The fourth-order valence-electron chi connectivity index (χ4n) is 3.20. The van der Waals surface area contributed by atoms with Gasteiger partial charge in [-0.15, -0.1) is 0 Å². The molecule has 3 rings (SSSR count). The molecule has 0 bridgehead atoms. The van der Waals surface area contributed by atoms with E-state index in [9.17, 15) is 0 Å². The molecule has 0 saturated carbocycles. The number of aromatic nitrogens is 1. The predicted molar refractivity (Wildman–Crippen MR) is 79.4 cm³/mol. The summed E-state index contributed by atoms with van der Waals surface area (Å²) in [6.07, 6.45) is 0. The fourth-order valence-corrected chi connectivity index (χ4v) is 3.20. The number of aryl methyl sites for hydroxylation is 5. The molecule has 1 aromatic heterocycles. The van der Waals surface area contributed by atoms with Crippen LogP contribution in [0.2, 0.25) is 0 Å². The molecule has 3 aromatic rings. The van der Waals surface area contributed by atoms with Crippen LogP contribution in [0.25, 0.3) is 21.8 Å². The van der Waals surface area contributed by atoms with Gasteiger partial charge < -0.3 is 4.57 Å². The lowest BCUT2D eigenvalue weighted by atomic mass is 10.0. The summed E-state index contributed by atoms with van der Waals surface area (Å²) >= 11 is 0. The largest absolute Gasteiger partial charge is 0.343 e. The molecule has 2 aromatic carbocycles. The molecule has 1 nitrogen and oxygen atoms in total. The maximum Gasteiger partial charge on any atom is 0.0521 e. The van der Waals surface area contributed by atoms with Crippen LogP contribution in [0.3, 0.4) is 0 Å². The Hall–Kier alpha value is -1.76. The van der Waals surface area contributed by atoms with Crippen LogP contribution in [0.4, 0.5) is 0 Å². The summed E-state index contributed by atoms with van der Waals surface area (Å²) in [6.45, 7) is 8.82. The van der Waals surface area contributed by atoms with E-state index >= 15 is 0 Å². The van der Waals surface area contributed by atoms with Crippen molar-refractivity contribution in [3.05, 3.63) is 46.5 Å². The topological polar surface area (TPSA) is 4.93 Å². The maximum absolute atomic E-state index is 2.36. The monoisotopic (exact) mass is 237 g/mol. The van der Waals surface area contributed by atoms with Gasteiger partial charge in [0, 0.05) is 17.8 Å². The van der Waals surface area contributed by atoms with Gasteiger partial charge in [0.2, 0.25) is 0 Å². The number of rotatable bonds is 0. The molecule has 0 aliphatic heterocycles. The third-order valence-electron chi connectivity index (χ3n) is 4.10. The molecule has 1 heteroatoms. The highest BCUT2D eigenvalue weighted by molar-refractivity contribution is 6.13. The summed E-state index contributed by atoms with van der Waals surface area (Å²) in [7, 11) is 2.18. The van der Waals surface area contributed by atoms with Gasteiger partial charge in [-0.2, -0.15) is 0 Å². The van der Waals surface area contributed by atoms with Crippen molar-refractivity contribution in [2.24, 2.45) is 7.05 Å². The number of nitrogens with zero attached hydrogens (tertiary/aromatic N) is 1. The minimum atomic E-state index is 1.35. The molecule has 0 N–H and O–H groups in total. The van der Waals surface area contributed by atoms with E-state index in [4.69, 9.17) is 0 Å². The average Bonchev–Trinajstić information content (AvgIpc) is 2.65. The van der Waals surface area contributed by atoms with E-state index in [2.05, 4.69) is 63.6 Å². The fraction of sp³-hybridized carbons (Fsp3) is 0.294. The lowest BCUT2D eigenvalue weighted by Crippen LogP contribution is -1.91. The average molecular weight is 237 g/mol. The standard InChI is InChI=1S/C17H19N/c1-10-6-8-12(3)16-14(10)15-11(2)7-9-13(4)17(15)18(16)5/h6-9H,1-5H3. The van der Waals surface area contributed by atoms with Gasteiger partial charge in [-0.3, -0.25) is 0 Å². The van der Waals surface area contributed by atoms with Crippen molar-refractivity contribution >= 4 is 21.8 Å². The van der Waals surface area contributed by atoms with Crippen LogP contribution in [0.5, 0.6) is 0 Å². The molecule has 0 atom stereocenters. The van der Waals surface area contributed by atoms with Gasteiger partial charge in [-0.25, -0.2) is 0 Å². The van der Waals surface area contributed by atoms with E-state index in [1.54, 1.807) is 0 Å². The summed E-state index contributed by atoms with van der Waals surface area (Å²) in [6, 6.07) is 8.92. The quantitative estimate of drug-likeness (QED) is 0.540. The Labute approximate surface area is 108 Å². The van der Waals surface area contributed by atoms with Crippen molar-refractivity contribution in [1.82, 2.24) is 4.57 Å². The highest BCUT2D eigenvalue weighted by Crippen LogP contribution is 2.35. The molecule has 0 radical (unpaired) electrons.